The van der Waals surface area contributed by atoms with Crippen LogP contribution in [0.2, 0.25) is 0 Å². The summed E-state index contributed by atoms with van der Waals surface area (Å²) in [5, 5.41) is 8.95. The van der Waals surface area contributed by atoms with Crippen molar-refractivity contribution in [3.63, 3.8) is 0 Å². The smallest absolute Gasteiger partial charge is 0.328 e. The molecule has 0 amide bonds. The van der Waals surface area contributed by atoms with E-state index in [0.29, 0.717) is 12.8 Å². The summed E-state index contributed by atoms with van der Waals surface area (Å²) in [6.45, 7) is 3.69. The van der Waals surface area contributed by atoms with Crippen LogP contribution in [0.15, 0.2) is 0 Å². The van der Waals surface area contributed by atoms with Gasteiger partial charge in [-0.1, -0.05) is 37.0 Å². The minimum absolute atomic E-state index is 0.562. The number of hydrogen-bond donors (Lipinski definition) is 1. The molecule has 0 aromatic heterocycles. The van der Waals surface area contributed by atoms with E-state index in [1.54, 1.807) is 0 Å². The van der Waals surface area contributed by atoms with Crippen molar-refractivity contribution in [2.24, 2.45) is 5.41 Å². The lowest BCUT2D eigenvalue weighted by Crippen LogP contribution is -2.24. The number of aliphatic carboxylic acids is 1. The molecule has 1 aliphatic carbocycles. The fourth-order valence-corrected chi connectivity index (χ4v) is 3.97. The topological polar surface area (TPSA) is 37.3 Å². The predicted octanol–water partition coefficient (Wildman–Crippen LogP) is 3.04. The highest BCUT2D eigenvalue weighted by molar-refractivity contribution is 6.63. The molecule has 0 aromatic rings. The zero-order valence-electron chi connectivity index (χ0n) is 7.40. The van der Waals surface area contributed by atoms with E-state index in [0.717, 1.165) is 0 Å². The van der Waals surface area contributed by atoms with E-state index < -0.39 is 20.6 Å². The highest BCUT2D eigenvalue weighted by atomic mass is 35.5. The Kier molecular flexibility index (Phi) is 2.56. The van der Waals surface area contributed by atoms with Gasteiger partial charge in [0.1, 0.15) is 0 Å². The van der Waals surface area contributed by atoms with Crippen LogP contribution in [0.5, 0.6) is 0 Å². The lowest BCUT2D eigenvalue weighted by molar-refractivity contribution is -0.138. The number of rotatable bonds is 3. The third kappa shape index (κ3) is 0.946. The average molecular weight is 246 g/mol. The van der Waals surface area contributed by atoms with E-state index in [4.69, 9.17) is 39.9 Å². The lowest BCUT2D eigenvalue weighted by Gasteiger charge is -2.12. The normalized spacial score (nSPS) is 34.2. The molecule has 5 heteroatoms. The summed E-state index contributed by atoms with van der Waals surface area (Å²) in [5.41, 5.74) is -0.698. The van der Waals surface area contributed by atoms with Gasteiger partial charge in [-0.15, -0.1) is 11.6 Å². The Bertz CT molecular complexity index is 248. The van der Waals surface area contributed by atoms with Gasteiger partial charge >= 0.3 is 5.97 Å². The molecule has 1 unspecified atom stereocenters. The lowest BCUT2D eigenvalue weighted by atomic mass is 9.96. The molecule has 0 aromatic carbocycles. The minimum Gasteiger partial charge on any atom is -0.480 e. The molecule has 1 saturated carbocycles. The predicted molar refractivity (Wildman–Crippen MR) is 53.7 cm³/mol. The van der Waals surface area contributed by atoms with Crippen LogP contribution in [0.1, 0.15) is 26.7 Å². The molecule has 0 aliphatic heterocycles. The van der Waals surface area contributed by atoms with Crippen molar-refractivity contribution < 1.29 is 9.90 Å². The molecule has 1 N–H and O–H groups in total. The van der Waals surface area contributed by atoms with Gasteiger partial charge in [0.25, 0.3) is 0 Å². The van der Waals surface area contributed by atoms with Crippen LogP contribution in [0.4, 0.5) is 0 Å². The van der Waals surface area contributed by atoms with Crippen LogP contribution in [0.25, 0.3) is 0 Å². The van der Waals surface area contributed by atoms with Gasteiger partial charge in [0.2, 0.25) is 0 Å². The quantitative estimate of drug-likeness (QED) is 0.776. The summed E-state index contributed by atoms with van der Waals surface area (Å²) in [6, 6.07) is 0. The first-order valence-electron chi connectivity index (χ1n) is 4.12. The molecule has 1 rings (SSSR count). The van der Waals surface area contributed by atoms with Gasteiger partial charge in [-0.25, -0.2) is 0 Å². The maximum absolute atomic E-state index is 10.9. The number of carbonyl (C=O) groups is 1. The third-order valence-electron chi connectivity index (χ3n) is 3.13. The number of hydrogen-bond acceptors (Lipinski definition) is 1. The highest BCUT2D eigenvalue weighted by Crippen LogP contribution is 2.78. The summed E-state index contributed by atoms with van der Waals surface area (Å²) >= 11 is 17.8. The van der Waals surface area contributed by atoms with Crippen molar-refractivity contribution in [2.75, 3.05) is 0 Å². The number of carboxylic acid groups (broad SMARTS) is 1. The molecule has 0 heterocycles. The molecule has 1 aliphatic rings. The van der Waals surface area contributed by atoms with E-state index in [-0.39, 0.29) is 0 Å². The van der Waals surface area contributed by atoms with Gasteiger partial charge in [-0.3, -0.25) is 4.79 Å². The zero-order chi connectivity index (χ0) is 10.5. The van der Waals surface area contributed by atoms with E-state index in [1.165, 1.54) is 0 Å². The van der Waals surface area contributed by atoms with E-state index >= 15 is 0 Å². The van der Waals surface area contributed by atoms with E-state index in [2.05, 4.69) is 0 Å². The summed E-state index contributed by atoms with van der Waals surface area (Å²) < 4.78 is -1.35. The summed E-state index contributed by atoms with van der Waals surface area (Å²) in [5.74, 6) is -1.14. The van der Waals surface area contributed by atoms with Crippen molar-refractivity contribution in [2.45, 2.75) is 35.9 Å². The molecule has 0 bridgehead atoms. The Hall–Kier alpha value is 0.340. The molecule has 13 heavy (non-hydrogen) atoms. The highest BCUT2D eigenvalue weighted by Gasteiger charge is 2.89. The van der Waals surface area contributed by atoms with Crippen LogP contribution >= 0.6 is 34.8 Å². The van der Waals surface area contributed by atoms with E-state index in [1.807, 2.05) is 13.8 Å². The fourth-order valence-electron chi connectivity index (χ4n) is 2.08. The fraction of sp³-hybridized carbons (Fsp3) is 0.875. The Morgan fingerprint density at radius 3 is 1.69 bits per heavy atom. The molecule has 76 valence electrons. The van der Waals surface area contributed by atoms with Gasteiger partial charge in [-0.2, -0.15) is 0 Å². The Morgan fingerprint density at radius 2 is 1.62 bits per heavy atom. The van der Waals surface area contributed by atoms with Crippen LogP contribution < -0.4 is 0 Å². The standard InChI is InChI=1S/C8H11Cl3O2/c1-3-6(4-2)7(9,5(12)13)8(6,10)11/h3-4H2,1-2H3,(H,12,13). The monoisotopic (exact) mass is 244 g/mol. The van der Waals surface area contributed by atoms with Crippen molar-refractivity contribution in [1.82, 2.24) is 0 Å². The van der Waals surface area contributed by atoms with Gasteiger partial charge < -0.3 is 5.11 Å². The zero-order valence-corrected chi connectivity index (χ0v) is 9.67. The van der Waals surface area contributed by atoms with Gasteiger partial charge in [-0.05, 0) is 12.8 Å². The van der Waals surface area contributed by atoms with Gasteiger partial charge in [0, 0.05) is 5.41 Å². The van der Waals surface area contributed by atoms with Crippen molar-refractivity contribution in [3.8, 4) is 0 Å². The molecule has 0 saturated heterocycles. The first-order valence-corrected chi connectivity index (χ1v) is 5.25. The summed E-state index contributed by atoms with van der Waals surface area (Å²) in [6.07, 6.45) is 1.12. The SMILES string of the molecule is CCC1(CC)C(Cl)(Cl)C1(Cl)C(=O)O. The first kappa shape index (κ1) is 11.4. The second-order valence-corrected chi connectivity index (χ2v) is 5.22. The average Bonchev–Trinajstić information content (AvgIpc) is 2.44. The van der Waals surface area contributed by atoms with Crippen LogP contribution in [-0.2, 0) is 4.79 Å². The molecule has 2 nitrogen and oxygen atoms in total. The maximum atomic E-state index is 10.9. The van der Waals surface area contributed by atoms with Crippen LogP contribution in [0, 0.1) is 5.41 Å². The maximum Gasteiger partial charge on any atom is 0.328 e. The Balaban J connectivity index is 3.12. The molecular weight excluding hydrogens is 234 g/mol. The van der Waals surface area contributed by atoms with Gasteiger partial charge in [0.05, 0.1) is 0 Å². The van der Waals surface area contributed by atoms with Crippen molar-refractivity contribution in [3.05, 3.63) is 0 Å². The third-order valence-corrected chi connectivity index (χ3v) is 5.42. The molecule has 1 atom stereocenters. The molecular formula is C8H11Cl3O2. The number of carboxylic acids is 1. The molecule has 0 radical (unpaired) electrons. The first-order chi connectivity index (χ1) is 5.81. The van der Waals surface area contributed by atoms with E-state index in [9.17, 15) is 4.79 Å². The minimum atomic E-state index is -1.52. The van der Waals surface area contributed by atoms with Gasteiger partial charge in [0.15, 0.2) is 9.21 Å². The Morgan fingerprint density at radius 1 is 1.23 bits per heavy atom. The number of alkyl halides is 3. The largest absolute Gasteiger partial charge is 0.480 e. The summed E-state index contributed by atoms with van der Waals surface area (Å²) in [4.78, 5) is 9.41. The second kappa shape index (κ2) is 2.91. The Labute approximate surface area is 92.2 Å². The van der Waals surface area contributed by atoms with Crippen molar-refractivity contribution in [1.29, 1.82) is 0 Å². The van der Waals surface area contributed by atoms with Crippen LogP contribution in [0.3, 0.4) is 0 Å². The summed E-state index contributed by atoms with van der Waals surface area (Å²) in [7, 11) is 0. The molecule has 0 spiro atoms. The van der Waals surface area contributed by atoms with Crippen molar-refractivity contribution >= 4 is 40.8 Å². The molecule has 1 fully saturated rings. The number of halogens is 3. The second-order valence-electron chi connectivity index (χ2n) is 3.33. The van der Waals surface area contributed by atoms with Crippen LogP contribution in [-0.4, -0.2) is 20.3 Å².